The molecule has 0 radical (unpaired) electrons. The molecule has 1 rings (SSSR count). The highest BCUT2D eigenvalue weighted by Gasteiger charge is 2.16. The summed E-state index contributed by atoms with van der Waals surface area (Å²) in [6.07, 6.45) is 4.69. The van der Waals surface area contributed by atoms with E-state index >= 15 is 0 Å². The van der Waals surface area contributed by atoms with Gasteiger partial charge in [-0.15, -0.1) is 0 Å². The second kappa shape index (κ2) is 7.26. The molecule has 0 amide bonds. The van der Waals surface area contributed by atoms with Crippen molar-refractivity contribution in [3.05, 3.63) is 16.9 Å². The molecule has 0 bridgehead atoms. The van der Waals surface area contributed by atoms with Gasteiger partial charge in [0.15, 0.2) is 0 Å². The Bertz CT molecular complexity index is 340. The summed E-state index contributed by atoms with van der Waals surface area (Å²) >= 11 is 7.95. The third kappa shape index (κ3) is 4.50. The summed E-state index contributed by atoms with van der Waals surface area (Å²) in [4.78, 5) is 2.12. The minimum Gasteiger partial charge on any atom is -0.323 e. The zero-order valence-corrected chi connectivity index (χ0v) is 12.3. The van der Waals surface area contributed by atoms with Crippen LogP contribution in [-0.2, 0) is 6.54 Å². The lowest BCUT2D eigenvalue weighted by molar-refractivity contribution is 0.366. The third-order valence-corrected chi connectivity index (χ3v) is 3.51. The first-order valence-corrected chi connectivity index (χ1v) is 7.44. The van der Waals surface area contributed by atoms with Crippen molar-refractivity contribution in [1.82, 2.24) is 14.7 Å². The largest absolute Gasteiger partial charge is 0.323 e. The van der Waals surface area contributed by atoms with Crippen LogP contribution in [0.3, 0.4) is 0 Å². The topological polar surface area (TPSA) is 47.1 Å². The molecule has 0 aliphatic rings. The van der Waals surface area contributed by atoms with Gasteiger partial charge >= 0.3 is 0 Å². The van der Waals surface area contributed by atoms with Crippen LogP contribution >= 0.6 is 23.4 Å². The summed E-state index contributed by atoms with van der Waals surface area (Å²) in [5.41, 5.74) is 7.12. The number of hydrogen-bond acceptors (Lipinski definition) is 4. The molecule has 98 valence electrons. The smallest absolute Gasteiger partial charge is 0.0834 e. The van der Waals surface area contributed by atoms with E-state index in [2.05, 4.69) is 16.3 Å². The van der Waals surface area contributed by atoms with E-state index in [0.717, 1.165) is 31.0 Å². The summed E-state index contributed by atoms with van der Waals surface area (Å²) in [6, 6.07) is -0.0281. The van der Waals surface area contributed by atoms with Crippen molar-refractivity contribution in [3.8, 4) is 0 Å². The first-order valence-electron chi connectivity index (χ1n) is 5.66. The van der Waals surface area contributed by atoms with Crippen LogP contribution in [-0.4, -0.2) is 47.3 Å². The van der Waals surface area contributed by atoms with Gasteiger partial charge in [-0.1, -0.05) is 11.6 Å². The zero-order valence-electron chi connectivity index (χ0n) is 10.7. The maximum Gasteiger partial charge on any atom is 0.0834 e. The van der Waals surface area contributed by atoms with Gasteiger partial charge in [0.25, 0.3) is 0 Å². The number of likely N-dealkylation sites (N-methyl/N-ethyl adjacent to an activating group) is 1. The molecular weight excluding hydrogens is 256 g/mol. The molecule has 0 aliphatic carbocycles. The van der Waals surface area contributed by atoms with Crippen LogP contribution in [0.25, 0.3) is 0 Å². The van der Waals surface area contributed by atoms with Crippen LogP contribution in [0.2, 0.25) is 5.02 Å². The molecule has 0 spiro atoms. The lowest BCUT2D eigenvalue weighted by Gasteiger charge is -2.16. The van der Waals surface area contributed by atoms with E-state index in [-0.39, 0.29) is 6.04 Å². The normalized spacial score (nSPS) is 13.3. The van der Waals surface area contributed by atoms with E-state index in [1.54, 1.807) is 18.0 Å². The van der Waals surface area contributed by atoms with E-state index in [9.17, 15) is 0 Å². The molecule has 0 saturated carbocycles. The summed E-state index contributed by atoms with van der Waals surface area (Å²) in [5, 5.41) is 4.97. The van der Waals surface area contributed by atoms with Crippen molar-refractivity contribution >= 4 is 23.4 Å². The molecule has 1 heterocycles. The van der Waals surface area contributed by atoms with Gasteiger partial charge < -0.3 is 10.6 Å². The average molecular weight is 277 g/mol. The Morgan fingerprint density at radius 2 is 2.29 bits per heavy atom. The standard InChI is InChI=1S/C11H21ClN4S/c1-15(2)5-6-16-11(9(12)8-14-16)10(13)4-7-17-3/h8,10H,4-7,13H2,1-3H3. The molecule has 17 heavy (non-hydrogen) atoms. The maximum absolute atomic E-state index is 6.16. The van der Waals surface area contributed by atoms with Gasteiger partial charge in [-0.3, -0.25) is 4.68 Å². The molecule has 0 aliphatic heterocycles. The second-order valence-electron chi connectivity index (χ2n) is 4.29. The molecule has 0 saturated heterocycles. The number of thioether (sulfide) groups is 1. The highest BCUT2D eigenvalue weighted by molar-refractivity contribution is 7.98. The van der Waals surface area contributed by atoms with E-state index in [1.165, 1.54) is 0 Å². The van der Waals surface area contributed by atoms with Crippen molar-refractivity contribution < 1.29 is 0 Å². The van der Waals surface area contributed by atoms with Crippen LogP contribution < -0.4 is 5.73 Å². The SMILES string of the molecule is CSCCC(N)c1c(Cl)cnn1CCN(C)C. The van der Waals surface area contributed by atoms with Crippen molar-refractivity contribution in [1.29, 1.82) is 0 Å². The Morgan fingerprint density at radius 1 is 1.59 bits per heavy atom. The summed E-state index contributed by atoms with van der Waals surface area (Å²) < 4.78 is 1.92. The minimum atomic E-state index is -0.0281. The van der Waals surface area contributed by atoms with Crippen LogP contribution in [0.15, 0.2) is 6.20 Å². The van der Waals surface area contributed by atoms with Crippen LogP contribution in [0.4, 0.5) is 0 Å². The quantitative estimate of drug-likeness (QED) is 0.826. The molecule has 2 N–H and O–H groups in total. The first-order chi connectivity index (χ1) is 8.06. The van der Waals surface area contributed by atoms with Crippen LogP contribution in [0.1, 0.15) is 18.2 Å². The lowest BCUT2D eigenvalue weighted by atomic mass is 10.1. The number of hydrogen-bond donors (Lipinski definition) is 1. The molecule has 4 nitrogen and oxygen atoms in total. The minimum absolute atomic E-state index is 0.0281. The lowest BCUT2D eigenvalue weighted by Crippen LogP contribution is -2.23. The molecule has 1 unspecified atom stereocenters. The highest BCUT2D eigenvalue weighted by Crippen LogP contribution is 2.24. The average Bonchev–Trinajstić information content (AvgIpc) is 2.64. The van der Waals surface area contributed by atoms with Gasteiger partial charge in [-0.2, -0.15) is 16.9 Å². The van der Waals surface area contributed by atoms with E-state index in [4.69, 9.17) is 17.3 Å². The number of halogens is 1. The third-order valence-electron chi connectivity index (χ3n) is 2.58. The number of aromatic nitrogens is 2. The Balaban J connectivity index is 2.71. The van der Waals surface area contributed by atoms with Gasteiger partial charge in [0.05, 0.1) is 23.5 Å². The molecule has 6 heteroatoms. The maximum atomic E-state index is 6.16. The summed E-state index contributed by atoms with van der Waals surface area (Å²) in [6.45, 7) is 1.75. The van der Waals surface area contributed by atoms with Gasteiger partial charge in [-0.05, 0) is 32.5 Å². The monoisotopic (exact) mass is 276 g/mol. The molecule has 1 atom stereocenters. The Labute approximate surface area is 112 Å². The molecule has 1 aromatic heterocycles. The number of nitrogens with zero attached hydrogens (tertiary/aromatic N) is 3. The first kappa shape index (κ1) is 14.8. The Hall–Kier alpha value is -0.230. The molecule has 1 aromatic rings. The summed E-state index contributed by atoms with van der Waals surface area (Å²) in [5.74, 6) is 1.04. The molecule has 0 fully saturated rings. The van der Waals surface area contributed by atoms with Gasteiger partial charge in [-0.25, -0.2) is 0 Å². The van der Waals surface area contributed by atoms with Gasteiger partial charge in [0, 0.05) is 12.6 Å². The predicted octanol–water partition coefficient (Wildman–Crippen LogP) is 1.85. The van der Waals surface area contributed by atoms with Crippen molar-refractivity contribution in [2.45, 2.75) is 19.0 Å². The van der Waals surface area contributed by atoms with Crippen LogP contribution in [0.5, 0.6) is 0 Å². The van der Waals surface area contributed by atoms with Crippen molar-refractivity contribution in [3.63, 3.8) is 0 Å². The fourth-order valence-electron chi connectivity index (χ4n) is 1.59. The zero-order chi connectivity index (χ0) is 12.8. The van der Waals surface area contributed by atoms with E-state index in [1.807, 2.05) is 18.8 Å². The molecular formula is C11H21ClN4S. The number of nitrogens with two attached hydrogens (primary N) is 1. The van der Waals surface area contributed by atoms with E-state index < -0.39 is 0 Å². The second-order valence-corrected chi connectivity index (χ2v) is 5.68. The molecule has 0 aromatic carbocycles. The number of rotatable bonds is 7. The van der Waals surface area contributed by atoms with Crippen LogP contribution in [0, 0.1) is 0 Å². The predicted molar refractivity (Wildman–Crippen MR) is 75.7 cm³/mol. The van der Waals surface area contributed by atoms with Gasteiger partial charge in [0.1, 0.15) is 0 Å². The van der Waals surface area contributed by atoms with Gasteiger partial charge in [0.2, 0.25) is 0 Å². The van der Waals surface area contributed by atoms with Crippen molar-refractivity contribution in [2.24, 2.45) is 5.73 Å². The van der Waals surface area contributed by atoms with E-state index in [0.29, 0.717) is 5.02 Å². The summed E-state index contributed by atoms with van der Waals surface area (Å²) in [7, 11) is 4.08. The fourth-order valence-corrected chi connectivity index (χ4v) is 2.37. The fraction of sp³-hybridized carbons (Fsp3) is 0.727. The Morgan fingerprint density at radius 3 is 2.88 bits per heavy atom. The Kier molecular flexibility index (Phi) is 6.33. The highest BCUT2D eigenvalue weighted by atomic mass is 35.5. The van der Waals surface area contributed by atoms with Crippen molar-refractivity contribution in [2.75, 3.05) is 32.6 Å².